The third kappa shape index (κ3) is 5.19. The van der Waals surface area contributed by atoms with E-state index in [1.54, 1.807) is 25.5 Å². The van der Waals surface area contributed by atoms with Gasteiger partial charge in [-0.15, -0.1) is 0 Å². The highest BCUT2D eigenvalue weighted by Gasteiger charge is 2.28. The van der Waals surface area contributed by atoms with Gasteiger partial charge in [0.15, 0.2) is 5.84 Å². The summed E-state index contributed by atoms with van der Waals surface area (Å²) in [6.45, 7) is 4.40. The van der Waals surface area contributed by atoms with E-state index in [1.807, 2.05) is 0 Å². The van der Waals surface area contributed by atoms with Gasteiger partial charge in [0.1, 0.15) is 0 Å². The molecule has 0 aliphatic heterocycles. The van der Waals surface area contributed by atoms with Gasteiger partial charge < -0.3 is 15.7 Å². The second kappa shape index (κ2) is 7.01. The van der Waals surface area contributed by atoms with Crippen molar-refractivity contribution in [2.75, 3.05) is 13.2 Å². The SMILES string of the molecule is CCOC(=O)NS(=O)(=O)N(CC(N)=NO)C(C)C. The molecule has 0 rings (SSSR count). The van der Waals surface area contributed by atoms with E-state index in [1.165, 1.54) is 0 Å². The fourth-order valence-electron chi connectivity index (χ4n) is 1.06. The molecule has 0 aromatic rings. The molecular weight excluding hydrogens is 264 g/mol. The van der Waals surface area contributed by atoms with Crippen LogP contribution in [0.15, 0.2) is 5.16 Å². The van der Waals surface area contributed by atoms with Gasteiger partial charge >= 0.3 is 16.3 Å². The van der Waals surface area contributed by atoms with E-state index in [0.29, 0.717) is 0 Å². The van der Waals surface area contributed by atoms with Crippen LogP contribution in [0.25, 0.3) is 0 Å². The van der Waals surface area contributed by atoms with Crippen molar-refractivity contribution in [2.45, 2.75) is 26.8 Å². The molecular formula is C8H18N4O5S. The minimum atomic E-state index is -4.11. The molecule has 0 aromatic carbocycles. The van der Waals surface area contributed by atoms with Crippen LogP contribution in [0.4, 0.5) is 4.79 Å². The first kappa shape index (κ1) is 16.4. The summed E-state index contributed by atoms with van der Waals surface area (Å²) in [6.07, 6.45) is -1.08. The Morgan fingerprint density at radius 1 is 1.56 bits per heavy atom. The summed E-state index contributed by atoms with van der Waals surface area (Å²) in [5, 5.41) is 11.1. The normalized spacial score (nSPS) is 12.8. The Balaban J connectivity index is 4.94. The lowest BCUT2D eigenvalue weighted by Gasteiger charge is -2.24. The molecule has 106 valence electrons. The number of amidine groups is 1. The zero-order chi connectivity index (χ0) is 14.3. The second-order valence-electron chi connectivity index (χ2n) is 3.56. The Hall–Kier alpha value is -1.55. The zero-order valence-electron chi connectivity index (χ0n) is 10.5. The van der Waals surface area contributed by atoms with Crippen LogP contribution in [0.5, 0.6) is 0 Å². The number of nitrogens with zero attached hydrogens (tertiary/aromatic N) is 2. The van der Waals surface area contributed by atoms with Crippen LogP contribution < -0.4 is 10.5 Å². The van der Waals surface area contributed by atoms with Crippen molar-refractivity contribution in [2.24, 2.45) is 10.9 Å². The number of hydrogen-bond donors (Lipinski definition) is 3. The minimum Gasteiger partial charge on any atom is -0.449 e. The van der Waals surface area contributed by atoms with Gasteiger partial charge in [0.2, 0.25) is 0 Å². The average Bonchev–Trinajstić information content (AvgIpc) is 2.24. The Labute approximate surface area is 106 Å². The van der Waals surface area contributed by atoms with Gasteiger partial charge in [0, 0.05) is 6.04 Å². The van der Waals surface area contributed by atoms with Gasteiger partial charge in [0.25, 0.3) is 0 Å². The number of rotatable bonds is 6. The third-order valence-corrected chi connectivity index (χ3v) is 3.41. The maximum atomic E-state index is 11.8. The van der Waals surface area contributed by atoms with E-state index in [-0.39, 0.29) is 19.0 Å². The van der Waals surface area contributed by atoms with E-state index >= 15 is 0 Å². The predicted octanol–water partition coefficient (Wildman–Crippen LogP) is -0.566. The average molecular weight is 282 g/mol. The standard InChI is InChI=1S/C8H18N4O5S/c1-4-17-8(13)11-18(15,16)12(6(2)3)5-7(9)10-14/h6,14H,4-5H2,1-3H3,(H2,9,10)(H,11,13). The van der Waals surface area contributed by atoms with Crippen LogP contribution in [0.3, 0.4) is 0 Å². The van der Waals surface area contributed by atoms with Gasteiger partial charge in [0.05, 0.1) is 13.2 Å². The molecule has 9 nitrogen and oxygen atoms in total. The minimum absolute atomic E-state index is 0.0449. The van der Waals surface area contributed by atoms with Gasteiger partial charge in [-0.05, 0) is 20.8 Å². The van der Waals surface area contributed by atoms with Gasteiger partial charge in [-0.2, -0.15) is 12.7 Å². The number of carbonyl (C=O) groups is 1. The van der Waals surface area contributed by atoms with Crippen molar-refractivity contribution in [3.05, 3.63) is 0 Å². The first-order valence-corrected chi connectivity index (χ1v) is 6.61. The van der Waals surface area contributed by atoms with E-state index in [4.69, 9.17) is 10.9 Å². The Morgan fingerprint density at radius 2 is 2.11 bits per heavy atom. The highest BCUT2D eigenvalue weighted by atomic mass is 32.2. The van der Waals surface area contributed by atoms with Crippen molar-refractivity contribution in [3.63, 3.8) is 0 Å². The molecule has 0 heterocycles. The molecule has 0 saturated heterocycles. The Morgan fingerprint density at radius 3 is 2.50 bits per heavy atom. The molecule has 0 aliphatic rings. The first-order chi connectivity index (χ1) is 8.24. The lowest BCUT2D eigenvalue weighted by molar-refractivity contribution is 0.158. The number of hydrogen-bond acceptors (Lipinski definition) is 6. The molecule has 0 atom stereocenters. The van der Waals surface area contributed by atoms with Gasteiger partial charge in [-0.1, -0.05) is 5.16 Å². The lowest BCUT2D eigenvalue weighted by Crippen LogP contribution is -2.49. The number of nitrogens with one attached hydrogen (secondary N) is 1. The van der Waals surface area contributed by atoms with Crippen LogP contribution in [0.2, 0.25) is 0 Å². The first-order valence-electron chi connectivity index (χ1n) is 5.17. The Bertz CT molecular complexity index is 406. The molecule has 0 aliphatic carbocycles. The second-order valence-corrected chi connectivity index (χ2v) is 5.18. The van der Waals surface area contributed by atoms with Crippen LogP contribution >= 0.6 is 0 Å². The molecule has 0 fully saturated rings. The van der Waals surface area contributed by atoms with E-state index in [0.717, 1.165) is 4.31 Å². The zero-order valence-corrected chi connectivity index (χ0v) is 11.3. The van der Waals surface area contributed by atoms with Gasteiger partial charge in [-0.3, -0.25) is 0 Å². The van der Waals surface area contributed by atoms with Crippen LogP contribution in [-0.2, 0) is 14.9 Å². The maximum Gasteiger partial charge on any atom is 0.421 e. The molecule has 0 spiro atoms. The highest BCUT2D eigenvalue weighted by molar-refractivity contribution is 7.87. The monoisotopic (exact) mass is 282 g/mol. The van der Waals surface area contributed by atoms with Crippen LogP contribution in [0.1, 0.15) is 20.8 Å². The molecule has 0 saturated carbocycles. The van der Waals surface area contributed by atoms with Crippen molar-refractivity contribution >= 4 is 22.1 Å². The molecule has 0 aromatic heterocycles. The number of carbonyl (C=O) groups excluding carboxylic acids is 1. The van der Waals surface area contributed by atoms with Crippen LogP contribution in [-0.4, -0.2) is 49.1 Å². The molecule has 18 heavy (non-hydrogen) atoms. The highest BCUT2D eigenvalue weighted by Crippen LogP contribution is 2.04. The van der Waals surface area contributed by atoms with E-state index in [2.05, 4.69) is 9.89 Å². The summed E-state index contributed by atoms with van der Waals surface area (Å²) in [6, 6.07) is -0.489. The summed E-state index contributed by atoms with van der Waals surface area (Å²) in [5.74, 6) is -0.294. The summed E-state index contributed by atoms with van der Waals surface area (Å²) in [5.41, 5.74) is 5.25. The van der Waals surface area contributed by atoms with E-state index in [9.17, 15) is 13.2 Å². The van der Waals surface area contributed by atoms with E-state index < -0.39 is 22.3 Å². The molecule has 4 N–H and O–H groups in total. The fraction of sp³-hybridized carbons (Fsp3) is 0.750. The maximum absolute atomic E-state index is 11.8. The van der Waals surface area contributed by atoms with Crippen molar-refractivity contribution < 1.29 is 23.2 Å². The quantitative estimate of drug-likeness (QED) is 0.258. The largest absolute Gasteiger partial charge is 0.449 e. The summed E-state index contributed by atoms with van der Waals surface area (Å²) in [4.78, 5) is 11.1. The number of oxime groups is 1. The van der Waals surface area contributed by atoms with Crippen molar-refractivity contribution in [1.29, 1.82) is 0 Å². The third-order valence-electron chi connectivity index (χ3n) is 1.82. The summed E-state index contributed by atoms with van der Waals surface area (Å²) in [7, 11) is -4.11. The molecule has 10 heteroatoms. The fourth-order valence-corrected chi connectivity index (χ4v) is 2.30. The predicted molar refractivity (Wildman–Crippen MR) is 64.3 cm³/mol. The smallest absolute Gasteiger partial charge is 0.421 e. The summed E-state index contributed by atoms with van der Waals surface area (Å²) >= 11 is 0. The molecule has 0 radical (unpaired) electrons. The number of nitrogens with two attached hydrogens (primary N) is 1. The Kier molecular flexibility index (Phi) is 6.41. The number of ether oxygens (including phenoxy) is 1. The van der Waals surface area contributed by atoms with Gasteiger partial charge in [-0.25, -0.2) is 9.52 Å². The van der Waals surface area contributed by atoms with Crippen LogP contribution in [0, 0.1) is 0 Å². The lowest BCUT2D eigenvalue weighted by atomic mass is 10.4. The summed E-state index contributed by atoms with van der Waals surface area (Å²) < 4.78 is 30.7. The molecule has 1 amide bonds. The van der Waals surface area contributed by atoms with Crippen molar-refractivity contribution in [1.82, 2.24) is 9.03 Å². The van der Waals surface area contributed by atoms with Crippen molar-refractivity contribution in [3.8, 4) is 0 Å². The molecule has 0 unspecified atom stereocenters. The number of amides is 1. The topological polar surface area (TPSA) is 134 Å². The molecule has 0 bridgehead atoms.